The Bertz CT molecular complexity index is 970. The molecule has 3 aliphatic rings. The van der Waals surface area contributed by atoms with Crippen molar-refractivity contribution >= 4 is 29.1 Å². The number of nitrogens with zero attached hydrogens (tertiary/aromatic N) is 3. The first-order valence-electron chi connectivity index (χ1n) is 13.3. The fourth-order valence-electron chi connectivity index (χ4n) is 5.73. The zero-order chi connectivity index (χ0) is 26.0. The molecule has 1 amide bonds. The first-order chi connectivity index (χ1) is 17.0. The second kappa shape index (κ2) is 11.6. The van der Waals surface area contributed by atoms with Gasteiger partial charge < -0.3 is 10.2 Å². The molecule has 2 aliphatic heterocycles. The molecule has 1 N–H and O–H groups in total. The largest absolute Gasteiger partial charge is 0.336 e. The molecule has 2 unspecified atom stereocenters. The van der Waals surface area contributed by atoms with E-state index in [1.54, 1.807) is 0 Å². The fraction of sp³-hybridized carbons (Fsp3) is 0.621. The molecule has 5 atom stereocenters. The molecular weight excluding hydrogens is 491 g/mol. The van der Waals surface area contributed by atoms with Gasteiger partial charge in [0.2, 0.25) is 5.91 Å². The van der Waals surface area contributed by atoms with Gasteiger partial charge in [-0.2, -0.15) is 0 Å². The van der Waals surface area contributed by atoms with Gasteiger partial charge in [-0.3, -0.25) is 14.6 Å². The van der Waals surface area contributed by atoms with Crippen LogP contribution in [0.2, 0.25) is 5.02 Å². The van der Waals surface area contributed by atoms with Gasteiger partial charge in [-0.15, -0.1) is 11.6 Å². The molecule has 1 aliphatic carbocycles. The van der Waals surface area contributed by atoms with E-state index in [0.29, 0.717) is 18.6 Å². The van der Waals surface area contributed by atoms with Crippen molar-refractivity contribution in [3.05, 3.63) is 58.7 Å². The van der Waals surface area contributed by atoms with Gasteiger partial charge in [0.05, 0.1) is 18.0 Å². The number of alkyl halides is 1. The number of amides is 1. The van der Waals surface area contributed by atoms with E-state index in [9.17, 15) is 4.79 Å². The number of nitrogens with one attached hydrogen (secondary N) is 1. The van der Waals surface area contributed by atoms with Crippen LogP contribution in [-0.2, 0) is 4.79 Å². The van der Waals surface area contributed by atoms with Crippen LogP contribution in [0.3, 0.4) is 0 Å². The SMILES string of the molecule is C[C@@H]1CN[C@@H](C)CN1CC(=O)N1CCN(C(C2=CCC(Cl)C=C2)c2ccc(Cl)cc2)C[C@@H]1C(C)(C)C. The second-order valence-corrected chi connectivity index (χ2v) is 12.8. The number of rotatable bonds is 5. The molecule has 36 heavy (non-hydrogen) atoms. The Labute approximate surface area is 227 Å². The van der Waals surface area contributed by atoms with E-state index < -0.39 is 0 Å². The number of carbonyl (C=O) groups excluding carboxylic acids is 1. The van der Waals surface area contributed by atoms with Gasteiger partial charge in [-0.1, -0.05) is 62.7 Å². The van der Waals surface area contributed by atoms with Crippen LogP contribution in [0.4, 0.5) is 0 Å². The first kappa shape index (κ1) is 27.7. The maximum atomic E-state index is 13.7. The number of hydrogen-bond donors (Lipinski definition) is 1. The van der Waals surface area contributed by atoms with E-state index in [-0.39, 0.29) is 28.8 Å². The molecule has 0 bridgehead atoms. The highest BCUT2D eigenvalue weighted by Crippen LogP contribution is 2.37. The van der Waals surface area contributed by atoms with E-state index >= 15 is 0 Å². The second-order valence-electron chi connectivity index (χ2n) is 11.8. The Morgan fingerprint density at radius 1 is 1.14 bits per heavy atom. The van der Waals surface area contributed by atoms with E-state index in [1.165, 1.54) is 11.1 Å². The summed E-state index contributed by atoms with van der Waals surface area (Å²) in [7, 11) is 0. The summed E-state index contributed by atoms with van der Waals surface area (Å²) in [6.45, 7) is 15.9. The van der Waals surface area contributed by atoms with Crippen molar-refractivity contribution in [2.24, 2.45) is 5.41 Å². The lowest BCUT2D eigenvalue weighted by Crippen LogP contribution is -2.63. The van der Waals surface area contributed by atoms with E-state index in [0.717, 1.165) is 44.2 Å². The molecule has 0 radical (unpaired) electrons. The molecule has 198 valence electrons. The van der Waals surface area contributed by atoms with Gasteiger partial charge in [0, 0.05) is 55.9 Å². The van der Waals surface area contributed by atoms with Gasteiger partial charge in [-0.05, 0) is 49.0 Å². The van der Waals surface area contributed by atoms with Crippen molar-refractivity contribution in [2.75, 3.05) is 39.3 Å². The molecule has 2 fully saturated rings. The monoisotopic (exact) mass is 532 g/mol. The molecule has 2 heterocycles. The number of piperazine rings is 2. The zero-order valence-corrected chi connectivity index (χ0v) is 23.9. The average molecular weight is 534 g/mol. The standard InChI is InChI=1S/C29H42Cl2N4O/c1-20-17-34(21(2)16-32-20)19-27(36)35-15-14-33(18-26(35)29(3,4)5)28(22-6-10-24(30)11-7-22)23-8-12-25(31)13-9-23/h6-12,20-21,25-26,28,32H,13-19H2,1-5H3/t20-,21+,25?,26+,28?/m0/s1. The van der Waals surface area contributed by atoms with Crippen molar-refractivity contribution in [1.82, 2.24) is 20.0 Å². The molecule has 0 aromatic heterocycles. The third-order valence-corrected chi connectivity index (χ3v) is 8.48. The Morgan fingerprint density at radius 2 is 1.86 bits per heavy atom. The molecule has 1 aromatic carbocycles. The Kier molecular flexibility index (Phi) is 8.89. The van der Waals surface area contributed by atoms with Crippen molar-refractivity contribution in [3.63, 3.8) is 0 Å². The third-order valence-electron chi connectivity index (χ3n) is 7.91. The number of allylic oxidation sites excluding steroid dienone is 2. The van der Waals surface area contributed by atoms with Crippen LogP contribution >= 0.6 is 23.2 Å². The van der Waals surface area contributed by atoms with Crippen LogP contribution in [0.15, 0.2) is 48.1 Å². The maximum Gasteiger partial charge on any atom is 0.237 e. The summed E-state index contributed by atoms with van der Waals surface area (Å²) in [5.41, 5.74) is 2.45. The van der Waals surface area contributed by atoms with Crippen LogP contribution in [0.25, 0.3) is 0 Å². The van der Waals surface area contributed by atoms with Crippen molar-refractivity contribution in [1.29, 1.82) is 0 Å². The van der Waals surface area contributed by atoms with Gasteiger partial charge >= 0.3 is 0 Å². The summed E-state index contributed by atoms with van der Waals surface area (Å²) in [4.78, 5) is 20.7. The molecule has 0 saturated carbocycles. The lowest BCUT2D eigenvalue weighted by molar-refractivity contribution is -0.142. The molecule has 4 rings (SSSR count). The van der Waals surface area contributed by atoms with Crippen molar-refractivity contribution in [2.45, 2.75) is 70.6 Å². The summed E-state index contributed by atoms with van der Waals surface area (Å²) in [5.74, 6) is 0.250. The van der Waals surface area contributed by atoms with Gasteiger partial charge in [0.25, 0.3) is 0 Å². The van der Waals surface area contributed by atoms with Crippen LogP contribution in [-0.4, -0.2) is 83.4 Å². The predicted molar refractivity (Wildman–Crippen MR) is 151 cm³/mol. The van der Waals surface area contributed by atoms with Crippen LogP contribution in [0.5, 0.6) is 0 Å². The minimum Gasteiger partial charge on any atom is -0.336 e. The lowest BCUT2D eigenvalue weighted by Gasteiger charge is -2.50. The van der Waals surface area contributed by atoms with E-state index in [4.69, 9.17) is 23.2 Å². The molecule has 2 saturated heterocycles. The highest BCUT2D eigenvalue weighted by molar-refractivity contribution is 6.30. The van der Waals surface area contributed by atoms with Gasteiger partial charge in [0.15, 0.2) is 0 Å². The number of hydrogen-bond acceptors (Lipinski definition) is 4. The van der Waals surface area contributed by atoms with E-state index in [2.05, 4.69) is 85.0 Å². The van der Waals surface area contributed by atoms with Gasteiger partial charge in [0.1, 0.15) is 0 Å². The smallest absolute Gasteiger partial charge is 0.237 e. The normalized spacial score (nSPS) is 29.2. The zero-order valence-electron chi connectivity index (χ0n) is 22.4. The lowest BCUT2D eigenvalue weighted by atomic mass is 9.82. The quantitative estimate of drug-likeness (QED) is 0.534. The molecule has 7 heteroatoms. The predicted octanol–water partition coefficient (Wildman–Crippen LogP) is 5.12. The van der Waals surface area contributed by atoms with Crippen molar-refractivity contribution < 1.29 is 4.79 Å². The molecule has 1 aromatic rings. The molecular formula is C29H42Cl2N4O. The maximum absolute atomic E-state index is 13.7. The topological polar surface area (TPSA) is 38.8 Å². The Balaban J connectivity index is 1.57. The number of benzene rings is 1. The van der Waals surface area contributed by atoms with Crippen molar-refractivity contribution in [3.8, 4) is 0 Å². The summed E-state index contributed by atoms with van der Waals surface area (Å²) in [5, 5.41) is 4.31. The molecule has 5 nitrogen and oxygen atoms in total. The van der Waals surface area contributed by atoms with Gasteiger partial charge in [-0.25, -0.2) is 0 Å². The first-order valence-corrected chi connectivity index (χ1v) is 14.1. The van der Waals surface area contributed by atoms with Crippen LogP contribution < -0.4 is 5.32 Å². The Hall–Kier alpha value is -1.37. The van der Waals surface area contributed by atoms with Crippen LogP contribution in [0, 0.1) is 5.41 Å². The number of halogens is 2. The summed E-state index contributed by atoms with van der Waals surface area (Å²) in [6.07, 6.45) is 7.38. The minimum atomic E-state index is -0.0424. The number of carbonyl (C=O) groups is 1. The average Bonchev–Trinajstić information content (AvgIpc) is 2.83. The van der Waals surface area contributed by atoms with Crippen LogP contribution in [0.1, 0.15) is 52.6 Å². The summed E-state index contributed by atoms with van der Waals surface area (Å²) in [6, 6.07) is 9.21. The highest BCUT2D eigenvalue weighted by Gasteiger charge is 2.41. The fourth-order valence-corrected chi connectivity index (χ4v) is 6.02. The third kappa shape index (κ3) is 6.54. The Morgan fingerprint density at radius 3 is 2.50 bits per heavy atom. The van der Waals surface area contributed by atoms with E-state index in [1.807, 2.05) is 12.1 Å². The summed E-state index contributed by atoms with van der Waals surface area (Å²) >= 11 is 12.6. The minimum absolute atomic E-state index is 0.0424. The highest BCUT2D eigenvalue weighted by atomic mass is 35.5. The molecule has 0 spiro atoms. The summed E-state index contributed by atoms with van der Waals surface area (Å²) < 4.78 is 0.